The first-order valence-corrected chi connectivity index (χ1v) is 3.14. The number of hydrogen-bond donors (Lipinski definition) is 0. The topological polar surface area (TPSA) is 12.5 Å². The normalized spacial score (nSPS) is 20.1. The molecule has 0 saturated carbocycles. The van der Waals surface area contributed by atoms with Gasteiger partial charge in [-0.2, -0.15) is 26.3 Å². The molecule has 0 spiro atoms. The fourth-order valence-corrected chi connectivity index (χ4v) is 0.203. The average Bonchev–Trinajstić information content (AvgIpc) is 2.69. The van der Waals surface area contributed by atoms with Gasteiger partial charge in [-0.05, 0) is 6.92 Å². The summed E-state index contributed by atoms with van der Waals surface area (Å²) in [6.07, 6.45) is -8.32. The van der Waals surface area contributed by atoms with Gasteiger partial charge in [0.05, 0.1) is 12.7 Å². The SMILES string of the molecule is CC1CO1.FC(F)=C(F)C(F)(F)F. The number of ether oxygens (including phenoxy) is 1. The minimum Gasteiger partial charge on any atom is -0.373 e. The number of allylic oxidation sites excluding steroid dienone is 1. The summed E-state index contributed by atoms with van der Waals surface area (Å²) in [6, 6.07) is 0. The molecule has 1 rings (SSSR count). The lowest BCUT2D eigenvalue weighted by Crippen LogP contribution is -2.08. The third-order valence-corrected chi connectivity index (χ3v) is 0.915. The van der Waals surface area contributed by atoms with Crippen molar-refractivity contribution < 1.29 is 31.1 Å². The van der Waals surface area contributed by atoms with Gasteiger partial charge in [0.15, 0.2) is 0 Å². The number of alkyl halides is 3. The molecule has 0 amide bonds. The lowest BCUT2D eigenvalue weighted by atomic mass is 10.6. The number of epoxide rings is 1. The van der Waals surface area contributed by atoms with Crippen LogP contribution in [0.15, 0.2) is 11.9 Å². The Labute approximate surface area is 70.0 Å². The lowest BCUT2D eigenvalue weighted by molar-refractivity contribution is -0.113. The zero-order chi connectivity index (χ0) is 10.6. The Morgan fingerprint density at radius 1 is 1.23 bits per heavy atom. The molecule has 0 aromatic rings. The van der Waals surface area contributed by atoms with Gasteiger partial charge < -0.3 is 4.74 Å². The molecule has 1 aliphatic heterocycles. The summed E-state index contributed by atoms with van der Waals surface area (Å²) >= 11 is 0. The van der Waals surface area contributed by atoms with E-state index >= 15 is 0 Å². The van der Waals surface area contributed by atoms with E-state index in [9.17, 15) is 26.3 Å². The van der Waals surface area contributed by atoms with Crippen LogP contribution in [-0.2, 0) is 4.74 Å². The Hall–Kier alpha value is -0.720. The van der Waals surface area contributed by atoms with Gasteiger partial charge in [-0.1, -0.05) is 0 Å². The second kappa shape index (κ2) is 4.50. The van der Waals surface area contributed by atoms with Gasteiger partial charge in [0.25, 0.3) is 5.83 Å². The van der Waals surface area contributed by atoms with E-state index in [0.29, 0.717) is 6.10 Å². The monoisotopic (exact) mass is 208 g/mol. The van der Waals surface area contributed by atoms with Crippen molar-refractivity contribution in [3.05, 3.63) is 11.9 Å². The highest BCUT2D eigenvalue weighted by Crippen LogP contribution is 2.29. The molecule has 78 valence electrons. The van der Waals surface area contributed by atoms with Crippen molar-refractivity contribution in [2.45, 2.75) is 19.2 Å². The van der Waals surface area contributed by atoms with Crippen LogP contribution in [0, 0.1) is 0 Å². The summed E-state index contributed by atoms with van der Waals surface area (Å²) in [7, 11) is 0. The van der Waals surface area contributed by atoms with Crippen LogP contribution >= 0.6 is 0 Å². The van der Waals surface area contributed by atoms with E-state index in [1.807, 2.05) is 0 Å². The lowest BCUT2D eigenvalue weighted by Gasteiger charge is -1.98. The Kier molecular flexibility index (Phi) is 4.25. The van der Waals surface area contributed by atoms with Crippen LogP contribution < -0.4 is 0 Å². The molecule has 0 aliphatic carbocycles. The maximum Gasteiger partial charge on any atom is 0.448 e. The summed E-state index contributed by atoms with van der Waals surface area (Å²) in [5.41, 5.74) is 0. The van der Waals surface area contributed by atoms with Gasteiger partial charge in [0.1, 0.15) is 0 Å². The summed E-state index contributed by atoms with van der Waals surface area (Å²) in [6.45, 7) is 3.04. The molecule has 1 atom stereocenters. The van der Waals surface area contributed by atoms with Gasteiger partial charge in [-0.25, -0.2) is 0 Å². The predicted molar refractivity (Wildman–Crippen MR) is 31.8 cm³/mol. The zero-order valence-electron chi connectivity index (χ0n) is 6.46. The molecule has 1 heterocycles. The van der Waals surface area contributed by atoms with Crippen LogP contribution in [0.1, 0.15) is 6.92 Å². The molecule has 0 aromatic carbocycles. The largest absolute Gasteiger partial charge is 0.448 e. The second-order valence-electron chi connectivity index (χ2n) is 2.22. The van der Waals surface area contributed by atoms with Gasteiger partial charge in [-0.3, -0.25) is 0 Å². The van der Waals surface area contributed by atoms with Crippen LogP contribution in [0.4, 0.5) is 26.3 Å². The van der Waals surface area contributed by atoms with E-state index in [1.54, 1.807) is 0 Å². The van der Waals surface area contributed by atoms with Crippen molar-refractivity contribution >= 4 is 0 Å². The molecule has 1 fully saturated rings. The third-order valence-electron chi connectivity index (χ3n) is 0.915. The first-order valence-electron chi connectivity index (χ1n) is 3.14. The fourth-order valence-electron chi connectivity index (χ4n) is 0.203. The van der Waals surface area contributed by atoms with E-state index in [2.05, 4.69) is 6.92 Å². The van der Waals surface area contributed by atoms with Crippen LogP contribution in [0.25, 0.3) is 0 Å². The second-order valence-corrected chi connectivity index (χ2v) is 2.22. The first-order chi connectivity index (χ1) is 5.75. The van der Waals surface area contributed by atoms with E-state index in [1.165, 1.54) is 0 Å². The highest BCUT2D eigenvalue weighted by molar-refractivity contribution is 4.98. The van der Waals surface area contributed by atoms with Crippen molar-refractivity contribution in [1.29, 1.82) is 0 Å². The highest BCUT2D eigenvalue weighted by atomic mass is 19.4. The number of hydrogen-bond acceptors (Lipinski definition) is 1. The predicted octanol–water partition coefficient (Wildman–Crippen LogP) is 3.03. The molecule has 7 heteroatoms. The van der Waals surface area contributed by atoms with E-state index in [4.69, 9.17) is 4.74 Å². The Morgan fingerprint density at radius 2 is 1.54 bits per heavy atom. The van der Waals surface area contributed by atoms with Crippen LogP contribution in [-0.4, -0.2) is 18.9 Å². The van der Waals surface area contributed by atoms with Crippen LogP contribution in [0.5, 0.6) is 0 Å². The molecular formula is C6H6F6O. The van der Waals surface area contributed by atoms with Crippen molar-refractivity contribution in [3.63, 3.8) is 0 Å². The van der Waals surface area contributed by atoms with Crippen molar-refractivity contribution in [3.8, 4) is 0 Å². The molecule has 1 saturated heterocycles. The van der Waals surface area contributed by atoms with E-state index in [0.717, 1.165) is 6.61 Å². The fraction of sp³-hybridized carbons (Fsp3) is 0.667. The highest BCUT2D eigenvalue weighted by Gasteiger charge is 2.38. The van der Waals surface area contributed by atoms with E-state index in [-0.39, 0.29) is 0 Å². The summed E-state index contributed by atoms with van der Waals surface area (Å²) < 4.78 is 69.5. The minimum atomic E-state index is -5.56. The van der Waals surface area contributed by atoms with Gasteiger partial charge in [0, 0.05) is 0 Å². The molecular weight excluding hydrogens is 202 g/mol. The quantitative estimate of drug-likeness (QED) is 0.440. The molecule has 1 unspecified atom stereocenters. The molecule has 13 heavy (non-hydrogen) atoms. The Bertz CT molecular complexity index is 188. The molecule has 1 nitrogen and oxygen atoms in total. The Balaban J connectivity index is 0.000000293. The molecule has 0 radical (unpaired) electrons. The van der Waals surface area contributed by atoms with Crippen molar-refractivity contribution in [2.75, 3.05) is 6.61 Å². The van der Waals surface area contributed by atoms with Crippen molar-refractivity contribution in [1.82, 2.24) is 0 Å². The zero-order valence-corrected chi connectivity index (χ0v) is 6.46. The summed E-state index contributed by atoms with van der Waals surface area (Å²) in [4.78, 5) is 0. The summed E-state index contributed by atoms with van der Waals surface area (Å²) in [5.74, 6) is -3.33. The molecule has 0 bridgehead atoms. The standard InChI is InChI=1S/C3F6.C3H6O/c4-1(2(5)6)3(7,8)9;1-3-2-4-3/h;3H,2H2,1H3. The number of halogens is 6. The smallest absolute Gasteiger partial charge is 0.373 e. The molecule has 0 aromatic heterocycles. The van der Waals surface area contributed by atoms with Gasteiger partial charge in [-0.15, -0.1) is 0 Å². The minimum absolute atomic E-state index is 0.583. The third kappa shape index (κ3) is 6.44. The Morgan fingerprint density at radius 3 is 1.54 bits per heavy atom. The van der Waals surface area contributed by atoms with Crippen molar-refractivity contribution in [2.24, 2.45) is 0 Å². The van der Waals surface area contributed by atoms with E-state index < -0.39 is 18.1 Å². The number of rotatable bonds is 0. The molecule has 1 aliphatic rings. The summed E-state index contributed by atoms with van der Waals surface area (Å²) in [5, 5.41) is 0. The average molecular weight is 208 g/mol. The van der Waals surface area contributed by atoms with Gasteiger partial charge in [0.2, 0.25) is 0 Å². The van der Waals surface area contributed by atoms with Crippen LogP contribution in [0.2, 0.25) is 0 Å². The maximum absolute atomic E-state index is 11.0. The first kappa shape index (κ1) is 12.3. The van der Waals surface area contributed by atoms with Crippen LogP contribution in [0.3, 0.4) is 0 Å². The van der Waals surface area contributed by atoms with Gasteiger partial charge >= 0.3 is 12.3 Å². The molecule has 0 N–H and O–H groups in total. The maximum atomic E-state index is 11.0.